The normalized spacial score (nSPS) is 12.5. The van der Waals surface area contributed by atoms with Crippen LogP contribution in [0.15, 0.2) is 41.0 Å². The standard InChI is InChI=1S/C14H15BrN2/c1-9-7-11(5-6-13(9)15)14(16)12-4-3-10(2)17-8-12/h3-8,14H,16H2,1-2H3. The van der Waals surface area contributed by atoms with E-state index in [1.165, 1.54) is 5.56 Å². The number of nitrogens with zero attached hydrogens (tertiary/aromatic N) is 1. The molecule has 2 aromatic rings. The third kappa shape index (κ3) is 2.73. The van der Waals surface area contributed by atoms with Gasteiger partial charge in [0.1, 0.15) is 0 Å². The fourth-order valence-electron chi connectivity index (χ4n) is 1.72. The molecule has 1 unspecified atom stereocenters. The van der Waals surface area contributed by atoms with Gasteiger partial charge in [-0.1, -0.05) is 34.1 Å². The van der Waals surface area contributed by atoms with Gasteiger partial charge in [0.05, 0.1) is 6.04 Å². The van der Waals surface area contributed by atoms with Crippen molar-refractivity contribution in [1.29, 1.82) is 0 Å². The molecule has 0 radical (unpaired) electrons. The topological polar surface area (TPSA) is 38.9 Å². The van der Waals surface area contributed by atoms with Crippen LogP contribution < -0.4 is 5.73 Å². The highest BCUT2D eigenvalue weighted by Crippen LogP contribution is 2.24. The number of hydrogen-bond acceptors (Lipinski definition) is 2. The minimum Gasteiger partial charge on any atom is -0.320 e. The third-order valence-electron chi connectivity index (χ3n) is 2.83. The lowest BCUT2D eigenvalue weighted by Gasteiger charge is -2.13. The first kappa shape index (κ1) is 12.3. The molecule has 0 bridgehead atoms. The Bertz CT molecular complexity index is 520. The lowest BCUT2D eigenvalue weighted by molar-refractivity contribution is 0.858. The van der Waals surface area contributed by atoms with Gasteiger partial charge in [0.25, 0.3) is 0 Å². The summed E-state index contributed by atoms with van der Waals surface area (Å²) < 4.78 is 1.11. The van der Waals surface area contributed by atoms with E-state index in [0.29, 0.717) is 0 Å². The van der Waals surface area contributed by atoms with E-state index in [9.17, 15) is 0 Å². The molecule has 1 aromatic heterocycles. The highest BCUT2D eigenvalue weighted by Gasteiger charge is 2.09. The Labute approximate surface area is 110 Å². The molecule has 0 aliphatic rings. The average molecular weight is 291 g/mol. The van der Waals surface area contributed by atoms with Gasteiger partial charge in [-0.05, 0) is 42.7 Å². The minimum absolute atomic E-state index is 0.116. The molecule has 88 valence electrons. The van der Waals surface area contributed by atoms with Crippen molar-refractivity contribution in [3.05, 3.63) is 63.4 Å². The van der Waals surface area contributed by atoms with Gasteiger partial charge in [-0.2, -0.15) is 0 Å². The van der Waals surface area contributed by atoms with Crippen molar-refractivity contribution in [1.82, 2.24) is 4.98 Å². The smallest absolute Gasteiger partial charge is 0.0567 e. The predicted molar refractivity (Wildman–Crippen MR) is 73.9 cm³/mol. The molecule has 17 heavy (non-hydrogen) atoms. The van der Waals surface area contributed by atoms with Gasteiger partial charge in [0.15, 0.2) is 0 Å². The Kier molecular flexibility index (Phi) is 3.60. The van der Waals surface area contributed by atoms with E-state index in [-0.39, 0.29) is 6.04 Å². The van der Waals surface area contributed by atoms with E-state index in [1.807, 2.05) is 37.4 Å². The zero-order chi connectivity index (χ0) is 12.4. The first-order valence-electron chi connectivity index (χ1n) is 5.52. The Hall–Kier alpha value is -1.19. The Morgan fingerprint density at radius 3 is 2.41 bits per heavy atom. The summed E-state index contributed by atoms with van der Waals surface area (Å²) in [4.78, 5) is 4.28. The number of rotatable bonds is 2. The lowest BCUT2D eigenvalue weighted by Crippen LogP contribution is -2.12. The van der Waals surface area contributed by atoms with Crippen molar-refractivity contribution in [2.45, 2.75) is 19.9 Å². The molecule has 2 nitrogen and oxygen atoms in total. The highest BCUT2D eigenvalue weighted by molar-refractivity contribution is 9.10. The van der Waals surface area contributed by atoms with Crippen LogP contribution in [0.5, 0.6) is 0 Å². The van der Waals surface area contributed by atoms with Crippen molar-refractivity contribution < 1.29 is 0 Å². The van der Waals surface area contributed by atoms with Gasteiger partial charge in [-0.25, -0.2) is 0 Å². The molecule has 2 N–H and O–H groups in total. The van der Waals surface area contributed by atoms with Crippen LogP contribution in [0.2, 0.25) is 0 Å². The molecular weight excluding hydrogens is 276 g/mol. The Balaban J connectivity index is 2.33. The quantitative estimate of drug-likeness (QED) is 0.919. The van der Waals surface area contributed by atoms with Crippen LogP contribution in [0, 0.1) is 13.8 Å². The van der Waals surface area contributed by atoms with Crippen LogP contribution in [0.25, 0.3) is 0 Å². The van der Waals surface area contributed by atoms with Crippen molar-refractivity contribution >= 4 is 15.9 Å². The fourth-order valence-corrected chi connectivity index (χ4v) is 1.96. The van der Waals surface area contributed by atoms with E-state index in [2.05, 4.69) is 33.9 Å². The molecule has 1 heterocycles. The number of aryl methyl sites for hydroxylation is 2. The van der Waals surface area contributed by atoms with Crippen LogP contribution in [-0.2, 0) is 0 Å². The number of pyridine rings is 1. The number of benzene rings is 1. The second-order valence-corrected chi connectivity index (χ2v) is 5.07. The van der Waals surface area contributed by atoms with Crippen molar-refractivity contribution in [3.8, 4) is 0 Å². The van der Waals surface area contributed by atoms with Gasteiger partial charge in [-0.15, -0.1) is 0 Å². The van der Waals surface area contributed by atoms with E-state index in [0.717, 1.165) is 21.3 Å². The molecule has 1 atom stereocenters. The highest BCUT2D eigenvalue weighted by atomic mass is 79.9. The summed E-state index contributed by atoms with van der Waals surface area (Å²) in [6.07, 6.45) is 1.84. The number of hydrogen-bond donors (Lipinski definition) is 1. The van der Waals surface area contributed by atoms with Gasteiger partial charge >= 0.3 is 0 Å². The molecule has 0 fully saturated rings. The molecule has 0 amide bonds. The van der Waals surface area contributed by atoms with Gasteiger partial charge in [0.2, 0.25) is 0 Å². The van der Waals surface area contributed by atoms with Crippen LogP contribution in [0.3, 0.4) is 0 Å². The van der Waals surface area contributed by atoms with Gasteiger partial charge < -0.3 is 5.73 Å². The van der Waals surface area contributed by atoms with Crippen molar-refractivity contribution in [2.24, 2.45) is 5.73 Å². The molecule has 0 aliphatic heterocycles. The summed E-state index contributed by atoms with van der Waals surface area (Å²) >= 11 is 3.49. The Morgan fingerprint density at radius 2 is 1.82 bits per heavy atom. The molecule has 0 aliphatic carbocycles. The van der Waals surface area contributed by atoms with Crippen LogP contribution in [0.1, 0.15) is 28.4 Å². The number of nitrogens with two attached hydrogens (primary N) is 1. The summed E-state index contributed by atoms with van der Waals surface area (Å²) in [7, 11) is 0. The average Bonchev–Trinajstić information content (AvgIpc) is 2.33. The first-order valence-corrected chi connectivity index (χ1v) is 6.31. The van der Waals surface area contributed by atoms with Gasteiger partial charge in [0, 0.05) is 16.4 Å². The molecule has 0 spiro atoms. The van der Waals surface area contributed by atoms with E-state index < -0.39 is 0 Å². The zero-order valence-electron chi connectivity index (χ0n) is 9.94. The summed E-state index contributed by atoms with van der Waals surface area (Å²) in [6, 6.07) is 10.1. The SMILES string of the molecule is Cc1ccc(C(N)c2ccc(Br)c(C)c2)cn1. The third-order valence-corrected chi connectivity index (χ3v) is 3.72. The van der Waals surface area contributed by atoms with E-state index in [4.69, 9.17) is 5.73 Å². The fraction of sp³-hybridized carbons (Fsp3) is 0.214. The summed E-state index contributed by atoms with van der Waals surface area (Å²) in [5, 5.41) is 0. The predicted octanol–water partition coefficient (Wildman–Crippen LogP) is 3.51. The maximum absolute atomic E-state index is 6.23. The summed E-state index contributed by atoms with van der Waals surface area (Å²) in [5.41, 5.74) is 10.6. The van der Waals surface area contributed by atoms with Crippen molar-refractivity contribution in [2.75, 3.05) is 0 Å². The summed E-state index contributed by atoms with van der Waals surface area (Å²) in [6.45, 7) is 4.03. The summed E-state index contributed by atoms with van der Waals surface area (Å²) in [5.74, 6) is 0. The van der Waals surface area contributed by atoms with Gasteiger partial charge in [-0.3, -0.25) is 4.98 Å². The van der Waals surface area contributed by atoms with Crippen LogP contribution in [0.4, 0.5) is 0 Å². The zero-order valence-corrected chi connectivity index (χ0v) is 11.5. The minimum atomic E-state index is -0.116. The molecule has 0 saturated carbocycles. The first-order chi connectivity index (χ1) is 8.08. The van der Waals surface area contributed by atoms with Crippen LogP contribution in [-0.4, -0.2) is 4.98 Å². The van der Waals surface area contributed by atoms with Crippen molar-refractivity contribution in [3.63, 3.8) is 0 Å². The molecule has 2 rings (SSSR count). The Morgan fingerprint density at radius 1 is 1.12 bits per heavy atom. The second kappa shape index (κ2) is 4.98. The monoisotopic (exact) mass is 290 g/mol. The molecule has 3 heteroatoms. The maximum atomic E-state index is 6.23. The molecular formula is C14H15BrN2. The number of aromatic nitrogens is 1. The molecule has 1 aromatic carbocycles. The second-order valence-electron chi connectivity index (χ2n) is 4.22. The molecule has 0 saturated heterocycles. The van der Waals surface area contributed by atoms with Crippen LogP contribution >= 0.6 is 15.9 Å². The largest absolute Gasteiger partial charge is 0.320 e. The van der Waals surface area contributed by atoms with E-state index >= 15 is 0 Å². The van der Waals surface area contributed by atoms with E-state index in [1.54, 1.807) is 0 Å². The maximum Gasteiger partial charge on any atom is 0.0567 e. The number of halogens is 1. The lowest BCUT2D eigenvalue weighted by atomic mass is 9.99.